The predicted octanol–water partition coefficient (Wildman–Crippen LogP) is -5.12. The molecule has 4 amide bonds. The molecule has 0 aromatic carbocycles. The summed E-state index contributed by atoms with van der Waals surface area (Å²) in [6.07, 6.45) is -9.21. The van der Waals surface area contributed by atoms with Gasteiger partial charge in [0, 0.05) is 13.3 Å². The fourth-order valence-electron chi connectivity index (χ4n) is 2.92. The Bertz CT molecular complexity index is 793. The lowest BCUT2D eigenvalue weighted by atomic mass is 10.0. The number of carbonyl (C=O) groups is 6. The van der Waals surface area contributed by atoms with Crippen LogP contribution in [0.5, 0.6) is 0 Å². The van der Waals surface area contributed by atoms with Crippen LogP contribution in [0.4, 0.5) is 0 Å². The van der Waals surface area contributed by atoms with E-state index >= 15 is 0 Å². The van der Waals surface area contributed by atoms with Gasteiger partial charge >= 0.3 is 5.97 Å². The highest BCUT2D eigenvalue weighted by Gasteiger charge is 2.38. The van der Waals surface area contributed by atoms with E-state index < -0.39 is 91.3 Å². The van der Waals surface area contributed by atoms with Gasteiger partial charge in [-0.15, -0.1) is 0 Å². The number of primary amides is 1. The molecule has 0 saturated heterocycles. The van der Waals surface area contributed by atoms with Crippen LogP contribution in [-0.4, -0.2) is 117 Å². The summed E-state index contributed by atoms with van der Waals surface area (Å²) in [6, 6.07) is -4.62. The zero-order valence-electron chi connectivity index (χ0n) is 20.0. The van der Waals surface area contributed by atoms with Crippen LogP contribution >= 0.6 is 0 Å². The van der Waals surface area contributed by atoms with Gasteiger partial charge in [-0.2, -0.15) is 0 Å². The first-order chi connectivity index (χ1) is 16.7. The highest BCUT2D eigenvalue weighted by Crippen LogP contribution is 2.13. The Balaban J connectivity index is 5.60. The number of aliphatic hydroxyl groups excluding tert-OH is 4. The van der Waals surface area contributed by atoms with Crippen LogP contribution in [0.25, 0.3) is 0 Å². The molecule has 0 radical (unpaired) electrons. The van der Waals surface area contributed by atoms with Gasteiger partial charge in [0.15, 0.2) is 0 Å². The second-order valence-corrected chi connectivity index (χ2v) is 7.97. The van der Waals surface area contributed by atoms with Crippen molar-refractivity contribution in [1.82, 2.24) is 16.0 Å². The molecule has 0 bridgehead atoms. The van der Waals surface area contributed by atoms with Gasteiger partial charge in [-0.05, 0) is 20.3 Å². The zero-order valence-corrected chi connectivity index (χ0v) is 20.0. The lowest BCUT2D eigenvalue weighted by Gasteiger charge is -2.32. The molecule has 16 heteroatoms. The first-order valence-electron chi connectivity index (χ1n) is 10.8. The van der Waals surface area contributed by atoms with E-state index in [1.165, 1.54) is 0 Å². The zero-order chi connectivity index (χ0) is 28.2. The molecular weight excluding hydrogens is 488 g/mol. The molecule has 0 saturated carbocycles. The predicted molar refractivity (Wildman–Crippen MR) is 119 cm³/mol. The van der Waals surface area contributed by atoms with Gasteiger partial charge < -0.3 is 56.7 Å². The topological polar surface area (TPSA) is 275 Å². The molecule has 8 atom stereocenters. The van der Waals surface area contributed by atoms with Crippen molar-refractivity contribution in [3.05, 3.63) is 0 Å². The van der Waals surface area contributed by atoms with E-state index in [-0.39, 0.29) is 12.7 Å². The number of nitrogens with two attached hydrogens (primary N) is 1. The highest BCUT2D eigenvalue weighted by molar-refractivity contribution is 5.93. The Morgan fingerprint density at radius 2 is 1.58 bits per heavy atom. The first kappa shape index (κ1) is 32.8. The lowest BCUT2D eigenvalue weighted by molar-refractivity contribution is -0.158. The summed E-state index contributed by atoms with van der Waals surface area (Å²) in [6.45, 7) is 2.38. The molecule has 1 unspecified atom stereocenters. The van der Waals surface area contributed by atoms with Gasteiger partial charge in [0.25, 0.3) is 0 Å². The molecule has 0 aromatic rings. The largest absolute Gasteiger partial charge is 0.481 e. The third-order valence-electron chi connectivity index (χ3n) is 4.89. The van der Waals surface area contributed by atoms with E-state index in [9.17, 15) is 44.1 Å². The number of hydrogen-bond acceptors (Lipinski definition) is 11. The van der Waals surface area contributed by atoms with Gasteiger partial charge in [0.1, 0.15) is 48.8 Å². The third-order valence-corrected chi connectivity index (χ3v) is 4.89. The molecule has 0 aliphatic rings. The second-order valence-electron chi connectivity index (χ2n) is 7.97. The number of aliphatic carboxylic acids is 1. The molecular formula is C20H34N4O12. The average Bonchev–Trinajstić information content (AvgIpc) is 2.79. The van der Waals surface area contributed by atoms with Crippen LogP contribution < -0.4 is 21.7 Å². The average molecular weight is 523 g/mol. The normalized spacial score (nSPS) is 17.8. The molecule has 0 fully saturated rings. The smallest absolute Gasteiger partial charge is 0.303 e. The Kier molecular flexibility index (Phi) is 14.4. The molecule has 206 valence electrons. The number of carbonyl (C=O) groups excluding carboxylic acids is 5. The Labute approximate surface area is 206 Å². The first-order valence-corrected chi connectivity index (χ1v) is 10.8. The number of nitrogens with one attached hydrogen (secondary N) is 3. The summed E-state index contributed by atoms with van der Waals surface area (Å²) < 4.78 is 5.36. The highest BCUT2D eigenvalue weighted by atomic mass is 16.5. The summed E-state index contributed by atoms with van der Waals surface area (Å²) in [5.41, 5.74) is 5.16. The molecule has 0 spiro atoms. The third kappa shape index (κ3) is 11.0. The van der Waals surface area contributed by atoms with Gasteiger partial charge in [-0.25, -0.2) is 0 Å². The van der Waals surface area contributed by atoms with Crippen molar-refractivity contribution < 1.29 is 59.0 Å². The van der Waals surface area contributed by atoms with Crippen LogP contribution in [0.15, 0.2) is 0 Å². The maximum absolute atomic E-state index is 12.7. The van der Waals surface area contributed by atoms with Crippen molar-refractivity contribution in [2.24, 2.45) is 5.73 Å². The number of hydrogen-bond donors (Lipinski definition) is 9. The van der Waals surface area contributed by atoms with Crippen LogP contribution in [0.3, 0.4) is 0 Å². The monoisotopic (exact) mass is 522 g/mol. The standard InChI is InChI=1S/C20H34N4O12/c1-8(27)15(20(35)23-11(18(21)33)4-5-14(30)31)24-19(34)9(2)36-17(16(32)13(29)7-26)12(6-25)22-10(3)28/h6,8-9,11-13,15-17,26-27,29,32H,4-5,7H2,1-3H3,(H2,21,33)(H,22,28)(H,23,35)(H,24,34)(H,30,31)/t8-,9-,11-,12+,13-,15?,16-,17-/m1/s1. The van der Waals surface area contributed by atoms with Gasteiger partial charge in [-0.3, -0.25) is 24.0 Å². The Morgan fingerprint density at radius 3 is 2.00 bits per heavy atom. The Hall–Kier alpha value is -3.18. The number of aliphatic hydroxyl groups is 4. The summed E-state index contributed by atoms with van der Waals surface area (Å²) in [4.78, 5) is 70.3. The maximum atomic E-state index is 12.7. The molecule has 16 nitrogen and oxygen atoms in total. The number of carboxylic acids is 1. The molecule has 0 aliphatic heterocycles. The van der Waals surface area contributed by atoms with Crippen LogP contribution in [0, 0.1) is 0 Å². The lowest BCUT2D eigenvalue weighted by Crippen LogP contribution is -2.59. The van der Waals surface area contributed by atoms with Crippen molar-refractivity contribution in [2.75, 3.05) is 6.61 Å². The van der Waals surface area contributed by atoms with E-state index in [0.29, 0.717) is 0 Å². The minimum absolute atomic E-state index is 0.178. The minimum atomic E-state index is -1.94. The molecule has 0 aromatic heterocycles. The van der Waals surface area contributed by atoms with Crippen LogP contribution in [0.2, 0.25) is 0 Å². The van der Waals surface area contributed by atoms with Crippen molar-refractivity contribution in [3.63, 3.8) is 0 Å². The summed E-state index contributed by atoms with van der Waals surface area (Å²) in [5.74, 6) is -5.13. The molecule has 10 N–H and O–H groups in total. The van der Waals surface area contributed by atoms with Crippen molar-refractivity contribution in [2.45, 2.75) is 82.3 Å². The van der Waals surface area contributed by atoms with E-state index in [1.54, 1.807) is 0 Å². The molecule has 0 rings (SSSR count). The van der Waals surface area contributed by atoms with Crippen molar-refractivity contribution in [3.8, 4) is 0 Å². The van der Waals surface area contributed by atoms with Crippen LogP contribution in [0.1, 0.15) is 33.6 Å². The van der Waals surface area contributed by atoms with E-state index in [4.69, 9.17) is 20.7 Å². The summed E-state index contributed by atoms with van der Waals surface area (Å²) in [5, 5.41) is 54.3. The maximum Gasteiger partial charge on any atom is 0.303 e. The van der Waals surface area contributed by atoms with Crippen LogP contribution in [-0.2, 0) is 33.5 Å². The fourth-order valence-corrected chi connectivity index (χ4v) is 2.92. The number of rotatable bonds is 17. The summed E-state index contributed by atoms with van der Waals surface area (Å²) in [7, 11) is 0. The van der Waals surface area contributed by atoms with E-state index in [1.807, 2.05) is 0 Å². The van der Waals surface area contributed by atoms with Gasteiger partial charge in [0.2, 0.25) is 23.6 Å². The van der Waals surface area contributed by atoms with Gasteiger partial charge in [-0.1, -0.05) is 0 Å². The molecule has 0 heterocycles. The molecule has 36 heavy (non-hydrogen) atoms. The number of amides is 4. The van der Waals surface area contributed by atoms with Gasteiger partial charge in [0.05, 0.1) is 12.7 Å². The SMILES string of the molecule is CC(=O)N[C@@H](C=O)[C@@H](O[C@H](C)C(=O)NC(C(=O)N[C@H](CCC(=O)O)C(N)=O)[C@@H](C)O)[C@H](O)[C@H](O)CO. The summed E-state index contributed by atoms with van der Waals surface area (Å²) >= 11 is 0. The fraction of sp³-hybridized carbons (Fsp3) is 0.700. The van der Waals surface area contributed by atoms with E-state index in [2.05, 4.69) is 16.0 Å². The minimum Gasteiger partial charge on any atom is -0.481 e. The molecule has 0 aliphatic carbocycles. The number of carboxylic acid groups (broad SMARTS) is 1. The Morgan fingerprint density at radius 1 is 1.00 bits per heavy atom. The second kappa shape index (κ2) is 15.7. The quantitative estimate of drug-likeness (QED) is 0.0811. The van der Waals surface area contributed by atoms with Crippen molar-refractivity contribution in [1.29, 1.82) is 0 Å². The van der Waals surface area contributed by atoms with E-state index in [0.717, 1.165) is 20.8 Å². The van der Waals surface area contributed by atoms with Crippen molar-refractivity contribution >= 4 is 35.9 Å². The number of aldehydes is 1. The number of ether oxygens (including phenoxy) is 1.